The first-order valence-corrected chi connectivity index (χ1v) is 12.2. The highest BCUT2D eigenvalue weighted by molar-refractivity contribution is 8.16. The van der Waals surface area contributed by atoms with Gasteiger partial charge in [-0.15, -0.1) is 0 Å². The molecule has 2 aliphatic rings. The van der Waals surface area contributed by atoms with Crippen LogP contribution in [0.2, 0.25) is 0 Å². The third-order valence-corrected chi connectivity index (χ3v) is 6.74. The van der Waals surface area contributed by atoms with Crippen molar-refractivity contribution in [2.24, 2.45) is 9.98 Å². The number of nitrogens with one attached hydrogen (secondary N) is 1. The van der Waals surface area contributed by atoms with Crippen LogP contribution in [-0.4, -0.2) is 66.8 Å². The van der Waals surface area contributed by atoms with E-state index in [1.165, 1.54) is 11.8 Å². The molecule has 1 amide bonds. The van der Waals surface area contributed by atoms with Crippen LogP contribution in [0.3, 0.4) is 0 Å². The third-order valence-electron chi connectivity index (χ3n) is 5.77. The SMILES string of the molecule is CCOc1ccc(NC(=O)CSC2=NC3(CCN(C)CC3)N=C2c2ccc(OC)cc2)cc1. The Hall–Kier alpha value is -2.84. The molecule has 174 valence electrons. The van der Waals surface area contributed by atoms with Crippen LogP contribution in [0.5, 0.6) is 11.5 Å². The van der Waals surface area contributed by atoms with Gasteiger partial charge in [0.2, 0.25) is 5.91 Å². The monoisotopic (exact) mass is 466 g/mol. The smallest absolute Gasteiger partial charge is 0.234 e. The van der Waals surface area contributed by atoms with E-state index in [1.807, 2.05) is 55.5 Å². The Labute approximate surface area is 199 Å². The van der Waals surface area contributed by atoms with E-state index in [0.717, 1.165) is 59.4 Å². The number of hydrogen-bond donors (Lipinski definition) is 1. The number of methoxy groups -OCH3 is 1. The number of thioether (sulfide) groups is 1. The highest BCUT2D eigenvalue weighted by Crippen LogP contribution is 2.35. The summed E-state index contributed by atoms with van der Waals surface area (Å²) in [5.74, 6) is 1.77. The molecule has 2 heterocycles. The lowest BCUT2D eigenvalue weighted by Gasteiger charge is -2.33. The zero-order valence-electron chi connectivity index (χ0n) is 19.3. The van der Waals surface area contributed by atoms with Gasteiger partial charge < -0.3 is 19.7 Å². The summed E-state index contributed by atoms with van der Waals surface area (Å²) in [7, 11) is 3.78. The number of amides is 1. The number of benzene rings is 2. The van der Waals surface area contributed by atoms with Gasteiger partial charge in [0.15, 0.2) is 5.66 Å². The Morgan fingerprint density at radius 3 is 2.36 bits per heavy atom. The van der Waals surface area contributed by atoms with E-state index in [0.29, 0.717) is 6.61 Å². The molecule has 33 heavy (non-hydrogen) atoms. The maximum atomic E-state index is 12.6. The molecule has 0 radical (unpaired) electrons. The van der Waals surface area contributed by atoms with Crippen molar-refractivity contribution in [3.8, 4) is 11.5 Å². The van der Waals surface area contributed by atoms with Crippen molar-refractivity contribution < 1.29 is 14.3 Å². The van der Waals surface area contributed by atoms with Gasteiger partial charge in [-0.3, -0.25) is 9.79 Å². The normalized spacial score (nSPS) is 17.4. The second-order valence-electron chi connectivity index (χ2n) is 8.19. The lowest BCUT2D eigenvalue weighted by atomic mass is 9.99. The van der Waals surface area contributed by atoms with Crippen molar-refractivity contribution in [2.75, 3.05) is 44.9 Å². The fourth-order valence-electron chi connectivity index (χ4n) is 3.89. The van der Waals surface area contributed by atoms with Crippen LogP contribution in [0.25, 0.3) is 0 Å². The average molecular weight is 467 g/mol. The number of anilines is 1. The molecular weight excluding hydrogens is 436 g/mol. The van der Waals surface area contributed by atoms with Gasteiger partial charge in [-0.25, -0.2) is 4.99 Å². The topological polar surface area (TPSA) is 75.5 Å². The summed E-state index contributed by atoms with van der Waals surface area (Å²) in [4.78, 5) is 25.1. The van der Waals surface area contributed by atoms with E-state index < -0.39 is 5.66 Å². The van der Waals surface area contributed by atoms with Crippen LogP contribution in [0.1, 0.15) is 25.3 Å². The van der Waals surface area contributed by atoms with Crippen molar-refractivity contribution in [1.82, 2.24) is 4.90 Å². The van der Waals surface area contributed by atoms with Gasteiger partial charge in [-0.05, 0) is 62.5 Å². The molecule has 1 fully saturated rings. The molecule has 7 nitrogen and oxygen atoms in total. The summed E-state index contributed by atoms with van der Waals surface area (Å²) < 4.78 is 10.7. The summed E-state index contributed by atoms with van der Waals surface area (Å²) in [6, 6.07) is 15.3. The number of likely N-dealkylation sites (tertiary alicyclic amines) is 1. The number of carbonyl (C=O) groups is 1. The fourth-order valence-corrected chi connectivity index (χ4v) is 4.77. The molecule has 2 aromatic carbocycles. The molecule has 0 aromatic heterocycles. The van der Waals surface area contributed by atoms with Gasteiger partial charge in [0.25, 0.3) is 0 Å². The Bertz CT molecular complexity index is 1030. The first-order chi connectivity index (χ1) is 16.0. The molecule has 2 aromatic rings. The minimum atomic E-state index is -0.421. The minimum Gasteiger partial charge on any atom is -0.497 e. The molecule has 8 heteroatoms. The summed E-state index contributed by atoms with van der Waals surface area (Å²) in [5.41, 5.74) is 2.18. The molecule has 4 rings (SSSR count). The van der Waals surface area contributed by atoms with E-state index in [4.69, 9.17) is 19.5 Å². The Kier molecular flexibility index (Phi) is 7.35. The minimum absolute atomic E-state index is 0.0785. The van der Waals surface area contributed by atoms with Crippen LogP contribution in [0, 0.1) is 0 Å². The number of nitrogens with zero attached hydrogens (tertiary/aromatic N) is 3. The van der Waals surface area contributed by atoms with E-state index in [9.17, 15) is 4.79 Å². The maximum Gasteiger partial charge on any atom is 0.234 e. The molecule has 2 aliphatic heterocycles. The number of carbonyl (C=O) groups excluding carboxylic acids is 1. The Balaban J connectivity index is 1.46. The molecule has 0 atom stereocenters. The highest BCUT2D eigenvalue weighted by atomic mass is 32.2. The van der Waals surface area contributed by atoms with Crippen molar-refractivity contribution in [3.05, 3.63) is 54.1 Å². The second kappa shape index (κ2) is 10.4. The molecule has 0 saturated carbocycles. The van der Waals surface area contributed by atoms with Crippen LogP contribution in [-0.2, 0) is 4.79 Å². The number of aliphatic imine (C=N–C) groups is 2. The van der Waals surface area contributed by atoms with E-state index in [1.54, 1.807) is 7.11 Å². The fraction of sp³-hybridized carbons (Fsp3) is 0.400. The summed E-state index contributed by atoms with van der Waals surface area (Å²) >= 11 is 1.44. The summed E-state index contributed by atoms with van der Waals surface area (Å²) in [5, 5.41) is 3.77. The second-order valence-corrected chi connectivity index (χ2v) is 9.15. The van der Waals surface area contributed by atoms with Crippen molar-refractivity contribution in [3.63, 3.8) is 0 Å². The van der Waals surface area contributed by atoms with Crippen molar-refractivity contribution >= 4 is 34.1 Å². The number of ether oxygens (including phenoxy) is 2. The maximum absolute atomic E-state index is 12.6. The Morgan fingerprint density at radius 1 is 1.06 bits per heavy atom. The first kappa shape index (κ1) is 23.3. The van der Waals surface area contributed by atoms with Gasteiger partial charge in [0, 0.05) is 37.2 Å². The Morgan fingerprint density at radius 2 is 1.73 bits per heavy atom. The van der Waals surface area contributed by atoms with E-state index in [2.05, 4.69) is 17.3 Å². The van der Waals surface area contributed by atoms with Gasteiger partial charge >= 0.3 is 0 Å². The predicted octanol–water partition coefficient (Wildman–Crippen LogP) is 4.09. The van der Waals surface area contributed by atoms with Crippen LogP contribution in [0.15, 0.2) is 58.5 Å². The molecule has 1 saturated heterocycles. The highest BCUT2D eigenvalue weighted by Gasteiger charge is 2.39. The summed E-state index contributed by atoms with van der Waals surface area (Å²) in [6.45, 7) is 4.47. The standard InChI is InChI=1S/C25H30N4O3S/c1-4-32-21-11-7-19(8-12-21)26-22(30)17-33-24-23(18-5-9-20(31-3)10-6-18)27-25(28-24)13-15-29(2)16-14-25/h5-12H,4,13-17H2,1-3H3,(H,26,30). The lowest BCUT2D eigenvalue weighted by Crippen LogP contribution is -2.39. The van der Waals surface area contributed by atoms with Crippen LogP contribution in [0.4, 0.5) is 5.69 Å². The number of hydrogen-bond acceptors (Lipinski definition) is 7. The van der Waals surface area contributed by atoms with E-state index in [-0.39, 0.29) is 11.7 Å². The third kappa shape index (κ3) is 5.75. The zero-order valence-corrected chi connectivity index (χ0v) is 20.2. The van der Waals surface area contributed by atoms with Gasteiger partial charge in [-0.1, -0.05) is 11.8 Å². The molecule has 0 bridgehead atoms. The molecule has 1 spiro atoms. The van der Waals surface area contributed by atoms with Crippen LogP contribution < -0.4 is 14.8 Å². The van der Waals surface area contributed by atoms with Crippen molar-refractivity contribution in [1.29, 1.82) is 0 Å². The van der Waals surface area contributed by atoms with Crippen molar-refractivity contribution in [2.45, 2.75) is 25.4 Å². The van der Waals surface area contributed by atoms with E-state index >= 15 is 0 Å². The first-order valence-electron chi connectivity index (χ1n) is 11.2. The number of rotatable bonds is 7. The van der Waals surface area contributed by atoms with Crippen LogP contribution >= 0.6 is 11.8 Å². The largest absolute Gasteiger partial charge is 0.497 e. The van der Waals surface area contributed by atoms with Gasteiger partial charge in [-0.2, -0.15) is 0 Å². The average Bonchev–Trinajstić information content (AvgIpc) is 3.19. The zero-order chi connectivity index (χ0) is 23.3. The van der Waals surface area contributed by atoms with Gasteiger partial charge in [0.05, 0.1) is 25.2 Å². The molecule has 1 N–H and O–H groups in total. The quantitative estimate of drug-likeness (QED) is 0.665. The molecule has 0 unspecified atom stereocenters. The molecular formula is C25H30N4O3S. The number of piperidine rings is 1. The van der Waals surface area contributed by atoms with Gasteiger partial charge in [0.1, 0.15) is 16.5 Å². The predicted molar refractivity (Wildman–Crippen MR) is 135 cm³/mol. The lowest BCUT2D eigenvalue weighted by molar-refractivity contribution is -0.113. The summed E-state index contributed by atoms with van der Waals surface area (Å²) in [6.07, 6.45) is 1.76. The molecule has 0 aliphatic carbocycles.